The number of anilines is 1. The van der Waals surface area contributed by atoms with Crippen LogP contribution in [0.15, 0.2) is 10.7 Å². The highest BCUT2D eigenvalue weighted by molar-refractivity contribution is 5.20. The van der Waals surface area contributed by atoms with Crippen molar-refractivity contribution in [1.29, 1.82) is 0 Å². The van der Waals surface area contributed by atoms with Gasteiger partial charge in [-0.1, -0.05) is 20.8 Å². The lowest BCUT2D eigenvalue weighted by molar-refractivity contribution is 0.557. The van der Waals surface area contributed by atoms with Crippen LogP contribution in [-0.2, 0) is 6.54 Å². The van der Waals surface area contributed by atoms with Gasteiger partial charge in [-0.15, -0.1) is 0 Å². The molecule has 1 aromatic rings. The third kappa shape index (κ3) is 4.83. The van der Waals surface area contributed by atoms with E-state index in [4.69, 9.17) is 4.42 Å². The van der Waals surface area contributed by atoms with E-state index in [2.05, 4.69) is 36.4 Å². The predicted molar refractivity (Wildman–Crippen MR) is 61.8 cm³/mol. The van der Waals surface area contributed by atoms with Gasteiger partial charge in [0.25, 0.3) is 6.01 Å². The van der Waals surface area contributed by atoms with Crippen molar-refractivity contribution in [3.05, 3.63) is 12.0 Å². The fourth-order valence-corrected chi connectivity index (χ4v) is 1.15. The Morgan fingerprint density at radius 2 is 2.27 bits per heavy atom. The highest BCUT2D eigenvalue weighted by atomic mass is 16.4. The molecule has 1 rings (SSSR count). The molecule has 0 aliphatic carbocycles. The summed E-state index contributed by atoms with van der Waals surface area (Å²) in [6.07, 6.45) is 2.83. The number of nitrogens with zero attached hydrogens (tertiary/aromatic N) is 1. The second-order valence-corrected chi connectivity index (χ2v) is 4.10. The summed E-state index contributed by atoms with van der Waals surface area (Å²) in [5, 5.41) is 6.43. The Balaban J connectivity index is 2.29. The second kappa shape index (κ2) is 6.45. The van der Waals surface area contributed by atoms with Crippen molar-refractivity contribution in [2.45, 2.75) is 33.7 Å². The lowest BCUT2D eigenvalue weighted by atomic mass is 10.2. The van der Waals surface area contributed by atoms with Gasteiger partial charge >= 0.3 is 0 Å². The van der Waals surface area contributed by atoms with Crippen LogP contribution < -0.4 is 10.6 Å². The molecule has 4 nitrogen and oxygen atoms in total. The van der Waals surface area contributed by atoms with Gasteiger partial charge in [0.2, 0.25) is 0 Å². The first-order chi connectivity index (χ1) is 7.22. The van der Waals surface area contributed by atoms with E-state index in [0.29, 0.717) is 11.9 Å². The van der Waals surface area contributed by atoms with Crippen LogP contribution in [0.1, 0.15) is 32.9 Å². The summed E-state index contributed by atoms with van der Waals surface area (Å²) in [6, 6.07) is 0.622. The molecular weight excluding hydrogens is 190 g/mol. The molecule has 0 amide bonds. The molecule has 15 heavy (non-hydrogen) atoms. The van der Waals surface area contributed by atoms with Crippen LogP contribution in [0.25, 0.3) is 0 Å². The molecule has 0 spiro atoms. The largest absolute Gasteiger partial charge is 0.432 e. The molecular formula is C11H21N3O. The van der Waals surface area contributed by atoms with Crippen molar-refractivity contribution in [2.24, 2.45) is 5.92 Å². The van der Waals surface area contributed by atoms with Gasteiger partial charge in [0, 0.05) is 13.1 Å². The molecule has 0 bridgehead atoms. The van der Waals surface area contributed by atoms with E-state index in [9.17, 15) is 0 Å². The first-order valence-electron chi connectivity index (χ1n) is 5.61. The van der Waals surface area contributed by atoms with Gasteiger partial charge < -0.3 is 15.1 Å². The van der Waals surface area contributed by atoms with Crippen LogP contribution in [0.5, 0.6) is 0 Å². The van der Waals surface area contributed by atoms with Gasteiger partial charge in [-0.25, -0.2) is 0 Å². The smallest absolute Gasteiger partial charge is 0.294 e. The van der Waals surface area contributed by atoms with E-state index in [1.54, 1.807) is 6.26 Å². The molecule has 0 aliphatic rings. The van der Waals surface area contributed by atoms with Crippen LogP contribution in [0, 0.1) is 5.92 Å². The van der Waals surface area contributed by atoms with Crippen molar-refractivity contribution in [3.8, 4) is 0 Å². The Morgan fingerprint density at radius 1 is 1.47 bits per heavy atom. The molecule has 0 aliphatic heterocycles. The Kier molecular flexibility index (Phi) is 5.18. The van der Waals surface area contributed by atoms with Crippen molar-refractivity contribution in [2.75, 3.05) is 18.4 Å². The molecule has 86 valence electrons. The fourth-order valence-electron chi connectivity index (χ4n) is 1.15. The van der Waals surface area contributed by atoms with E-state index < -0.39 is 0 Å². The summed E-state index contributed by atoms with van der Waals surface area (Å²) in [7, 11) is 0. The maximum Gasteiger partial charge on any atom is 0.294 e. The molecule has 4 heteroatoms. The van der Waals surface area contributed by atoms with Crippen molar-refractivity contribution in [1.82, 2.24) is 10.3 Å². The normalized spacial score (nSPS) is 10.9. The van der Waals surface area contributed by atoms with E-state index in [1.165, 1.54) is 0 Å². The number of hydrogen-bond acceptors (Lipinski definition) is 4. The summed E-state index contributed by atoms with van der Waals surface area (Å²) < 4.78 is 5.28. The van der Waals surface area contributed by atoms with Gasteiger partial charge in [0.1, 0.15) is 6.26 Å². The minimum absolute atomic E-state index is 0.596. The van der Waals surface area contributed by atoms with Crippen molar-refractivity contribution < 1.29 is 4.42 Å². The minimum Gasteiger partial charge on any atom is -0.432 e. The monoisotopic (exact) mass is 211 g/mol. The quantitative estimate of drug-likeness (QED) is 0.679. The third-order valence-electron chi connectivity index (χ3n) is 1.95. The van der Waals surface area contributed by atoms with Gasteiger partial charge in [-0.05, 0) is 18.9 Å². The average molecular weight is 211 g/mol. The summed E-state index contributed by atoms with van der Waals surface area (Å²) in [4.78, 5) is 4.31. The third-order valence-corrected chi connectivity index (χ3v) is 1.95. The number of nitrogens with one attached hydrogen (secondary N) is 2. The van der Waals surface area contributed by atoms with E-state index >= 15 is 0 Å². The Hall–Kier alpha value is -1.03. The fraction of sp³-hybridized carbons (Fsp3) is 0.727. The molecule has 0 unspecified atom stereocenters. The molecule has 0 radical (unpaired) electrons. The summed E-state index contributed by atoms with van der Waals surface area (Å²) in [6.45, 7) is 9.13. The van der Waals surface area contributed by atoms with Crippen LogP contribution >= 0.6 is 0 Å². The Labute approximate surface area is 91.5 Å². The van der Waals surface area contributed by atoms with E-state index in [1.807, 2.05) is 0 Å². The average Bonchev–Trinajstić information content (AvgIpc) is 2.63. The number of hydrogen-bond donors (Lipinski definition) is 2. The summed E-state index contributed by atoms with van der Waals surface area (Å²) >= 11 is 0. The van der Waals surface area contributed by atoms with Gasteiger partial charge in [0.05, 0.1) is 5.69 Å². The molecule has 2 N–H and O–H groups in total. The van der Waals surface area contributed by atoms with Gasteiger partial charge in [0.15, 0.2) is 0 Å². The van der Waals surface area contributed by atoms with Crippen LogP contribution in [0.2, 0.25) is 0 Å². The molecule has 0 saturated heterocycles. The molecule has 0 aromatic carbocycles. The van der Waals surface area contributed by atoms with Gasteiger partial charge in [-0.3, -0.25) is 0 Å². The first-order valence-corrected chi connectivity index (χ1v) is 5.61. The zero-order chi connectivity index (χ0) is 11.1. The maximum absolute atomic E-state index is 5.28. The minimum atomic E-state index is 0.596. The highest BCUT2D eigenvalue weighted by Crippen LogP contribution is 2.07. The van der Waals surface area contributed by atoms with Crippen molar-refractivity contribution in [3.63, 3.8) is 0 Å². The predicted octanol–water partition coefficient (Wildman–Crippen LogP) is 2.24. The number of rotatable bonds is 7. The molecule has 1 heterocycles. The first kappa shape index (κ1) is 12.0. The molecule has 0 saturated carbocycles. The lowest BCUT2D eigenvalue weighted by Gasteiger charge is -2.03. The lowest BCUT2D eigenvalue weighted by Crippen LogP contribution is -2.14. The Morgan fingerprint density at radius 3 is 2.93 bits per heavy atom. The zero-order valence-electron chi connectivity index (χ0n) is 9.84. The molecule has 0 atom stereocenters. The van der Waals surface area contributed by atoms with Crippen molar-refractivity contribution >= 4 is 6.01 Å². The second-order valence-electron chi connectivity index (χ2n) is 4.10. The standard InChI is InChI=1S/C11H21N3O/c1-4-5-12-7-10-8-15-11(14-10)13-6-9(2)3/h8-9,12H,4-7H2,1-3H3,(H,13,14). The molecule has 0 fully saturated rings. The van der Waals surface area contributed by atoms with Gasteiger partial charge in [-0.2, -0.15) is 4.98 Å². The Bertz CT molecular complexity index is 271. The van der Waals surface area contributed by atoms with E-state index in [-0.39, 0.29) is 0 Å². The summed E-state index contributed by atoms with van der Waals surface area (Å²) in [5.41, 5.74) is 0.953. The SMILES string of the molecule is CCCNCc1coc(NCC(C)C)n1. The summed E-state index contributed by atoms with van der Waals surface area (Å²) in [5.74, 6) is 0.596. The highest BCUT2D eigenvalue weighted by Gasteiger charge is 2.03. The maximum atomic E-state index is 5.28. The number of aromatic nitrogens is 1. The molecule has 1 aromatic heterocycles. The topological polar surface area (TPSA) is 50.1 Å². The van der Waals surface area contributed by atoms with Crippen LogP contribution in [-0.4, -0.2) is 18.1 Å². The van der Waals surface area contributed by atoms with Crippen LogP contribution in [0.4, 0.5) is 6.01 Å². The zero-order valence-corrected chi connectivity index (χ0v) is 9.84. The van der Waals surface area contributed by atoms with Crippen LogP contribution in [0.3, 0.4) is 0 Å². The van der Waals surface area contributed by atoms with E-state index in [0.717, 1.165) is 31.7 Å². The number of oxazole rings is 1.